The van der Waals surface area contributed by atoms with Crippen molar-refractivity contribution in [3.05, 3.63) is 18.0 Å². The molecule has 0 spiro atoms. The minimum atomic E-state index is -0.0380. The van der Waals surface area contributed by atoms with Gasteiger partial charge in [-0.25, -0.2) is 0 Å². The highest BCUT2D eigenvalue weighted by atomic mass is 127. The monoisotopic (exact) mass is 546 g/mol. The van der Waals surface area contributed by atoms with Crippen molar-refractivity contribution in [2.75, 3.05) is 67.0 Å². The predicted octanol–water partition coefficient (Wildman–Crippen LogP) is 0.845. The molecule has 2 unspecified atom stereocenters. The third-order valence-corrected chi connectivity index (χ3v) is 6.33. The Morgan fingerprint density at radius 2 is 1.81 bits per heavy atom. The highest BCUT2D eigenvalue weighted by Gasteiger charge is 2.30. The lowest BCUT2D eigenvalue weighted by Gasteiger charge is -2.40. The number of aliphatic imine (C=N–C) groups is 1. The quantitative estimate of drug-likeness (QED) is 0.324. The highest BCUT2D eigenvalue weighted by molar-refractivity contribution is 14.0. The average molecular weight is 547 g/mol. The Morgan fingerprint density at radius 3 is 2.32 bits per heavy atom. The van der Waals surface area contributed by atoms with Crippen molar-refractivity contribution in [3.63, 3.8) is 0 Å². The Balaban J connectivity index is 0.00000341. The molecule has 2 atom stereocenters. The number of nitrogens with one attached hydrogen (secondary N) is 1. The van der Waals surface area contributed by atoms with Crippen LogP contribution in [0.2, 0.25) is 0 Å². The molecule has 1 N–H and O–H groups in total. The van der Waals surface area contributed by atoms with E-state index in [4.69, 9.17) is 0 Å². The number of halogens is 1. The van der Waals surface area contributed by atoms with Crippen LogP contribution in [0.15, 0.2) is 17.4 Å². The molecule has 0 aliphatic carbocycles. The lowest BCUT2D eigenvalue weighted by Crippen LogP contribution is -2.57. The molecule has 176 valence electrons. The number of piperazine rings is 1. The number of aryl methyl sites for hydroxylation is 1. The summed E-state index contributed by atoms with van der Waals surface area (Å²) in [4.78, 5) is 26.0. The molecule has 3 rings (SSSR count). The maximum Gasteiger partial charge on any atom is 0.239 e. The van der Waals surface area contributed by atoms with Crippen molar-refractivity contribution >= 4 is 35.8 Å². The molecule has 1 aromatic rings. The number of carbonyl (C=O) groups excluding carboxylic acids is 1. The molecular weight excluding hydrogens is 507 g/mol. The average Bonchev–Trinajstić information content (AvgIpc) is 3.42. The van der Waals surface area contributed by atoms with Crippen LogP contribution in [0.3, 0.4) is 0 Å². The van der Waals surface area contributed by atoms with E-state index in [0.29, 0.717) is 0 Å². The van der Waals surface area contributed by atoms with Crippen LogP contribution in [-0.4, -0.2) is 114 Å². The van der Waals surface area contributed by atoms with Crippen molar-refractivity contribution < 1.29 is 4.79 Å². The van der Waals surface area contributed by atoms with Crippen molar-refractivity contribution in [1.82, 2.24) is 34.7 Å². The summed E-state index contributed by atoms with van der Waals surface area (Å²) in [7, 11) is 7.94. The number of likely N-dealkylation sites (tertiary alicyclic amines) is 1. The predicted molar refractivity (Wildman–Crippen MR) is 135 cm³/mol. The Kier molecular flexibility index (Phi) is 10.0. The molecule has 2 aliphatic heterocycles. The van der Waals surface area contributed by atoms with E-state index in [0.717, 1.165) is 64.6 Å². The molecule has 10 heteroatoms. The molecule has 2 saturated heterocycles. The molecule has 0 radical (unpaired) electrons. The first-order valence-electron chi connectivity index (χ1n) is 11.0. The maximum absolute atomic E-state index is 12.7. The summed E-state index contributed by atoms with van der Waals surface area (Å²) >= 11 is 0. The number of nitrogens with zero attached hydrogens (tertiary/aromatic N) is 7. The lowest BCUT2D eigenvalue weighted by molar-refractivity contribution is -0.135. The van der Waals surface area contributed by atoms with E-state index in [1.54, 1.807) is 0 Å². The van der Waals surface area contributed by atoms with E-state index in [9.17, 15) is 4.79 Å². The van der Waals surface area contributed by atoms with Crippen molar-refractivity contribution in [2.24, 2.45) is 12.0 Å². The fraction of sp³-hybridized carbons (Fsp3) is 0.762. The largest absolute Gasteiger partial charge is 0.354 e. The third-order valence-electron chi connectivity index (χ3n) is 6.33. The highest BCUT2D eigenvalue weighted by Crippen LogP contribution is 2.17. The zero-order valence-electron chi connectivity index (χ0n) is 19.6. The number of likely N-dealkylation sites (N-methyl/N-ethyl adjacent to an activating group) is 1. The topological polar surface area (TPSA) is 72.2 Å². The van der Waals surface area contributed by atoms with E-state index >= 15 is 0 Å². The van der Waals surface area contributed by atoms with Crippen LogP contribution in [0.4, 0.5) is 0 Å². The van der Waals surface area contributed by atoms with E-state index in [-0.39, 0.29) is 42.0 Å². The first kappa shape index (κ1) is 25.9. The number of carbonyl (C=O) groups is 1. The van der Waals surface area contributed by atoms with Crippen LogP contribution in [-0.2, 0) is 11.8 Å². The van der Waals surface area contributed by atoms with Crippen molar-refractivity contribution in [2.45, 2.75) is 31.8 Å². The van der Waals surface area contributed by atoms with E-state index in [1.165, 1.54) is 5.56 Å². The van der Waals surface area contributed by atoms with Crippen LogP contribution in [0.1, 0.15) is 31.4 Å². The molecular formula is C21H39IN8O. The zero-order chi connectivity index (χ0) is 21.7. The molecule has 0 saturated carbocycles. The fourth-order valence-corrected chi connectivity index (χ4v) is 4.41. The number of rotatable bonds is 6. The van der Waals surface area contributed by atoms with E-state index in [1.807, 2.05) is 29.9 Å². The second-order valence-electron chi connectivity index (χ2n) is 8.59. The smallest absolute Gasteiger partial charge is 0.239 e. The van der Waals surface area contributed by atoms with Gasteiger partial charge in [0.05, 0.1) is 18.3 Å². The Labute approximate surface area is 203 Å². The van der Waals surface area contributed by atoms with E-state index in [2.05, 4.69) is 57.3 Å². The van der Waals surface area contributed by atoms with Crippen LogP contribution in [0, 0.1) is 0 Å². The number of aromatic nitrogens is 2. The maximum atomic E-state index is 12.7. The van der Waals surface area contributed by atoms with E-state index < -0.39 is 0 Å². The van der Waals surface area contributed by atoms with Crippen LogP contribution in [0.25, 0.3) is 0 Å². The molecule has 0 bridgehead atoms. The minimum absolute atomic E-state index is 0. The van der Waals surface area contributed by atoms with Gasteiger partial charge in [0.1, 0.15) is 0 Å². The number of amides is 1. The van der Waals surface area contributed by atoms with Gasteiger partial charge in [-0.15, -0.1) is 24.0 Å². The van der Waals surface area contributed by atoms with Crippen LogP contribution >= 0.6 is 24.0 Å². The van der Waals surface area contributed by atoms with Gasteiger partial charge in [-0.3, -0.25) is 19.4 Å². The minimum Gasteiger partial charge on any atom is -0.354 e. The summed E-state index contributed by atoms with van der Waals surface area (Å²) in [6, 6.07) is 0.179. The molecule has 31 heavy (non-hydrogen) atoms. The van der Waals surface area contributed by atoms with Gasteiger partial charge in [-0.2, -0.15) is 5.10 Å². The second-order valence-corrected chi connectivity index (χ2v) is 8.59. The summed E-state index contributed by atoms with van der Waals surface area (Å²) < 4.78 is 1.84. The summed E-state index contributed by atoms with van der Waals surface area (Å²) in [6.45, 7) is 8.15. The number of hydrogen-bond acceptors (Lipinski definition) is 5. The Morgan fingerprint density at radius 1 is 1.16 bits per heavy atom. The van der Waals surface area contributed by atoms with Gasteiger partial charge >= 0.3 is 0 Å². The number of guanidine groups is 1. The summed E-state index contributed by atoms with van der Waals surface area (Å²) in [5.74, 6) is 1.21. The standard InChI is InChI=1S/C21H38N8O.HI/c1-17(20(30)28-8-6-7-9-28)27-10-12-29(13-11-27)21(22-2)23-15-19(25(3)4)18-14-24-26(5)16-18;/h14,16-17,19H,6-13,15H2,1-5H3,(H,22,23);1H. The van der Waals surface area contributed by atoms with Gasteiger partial charge in [0.15, 0.2) is 5.96 Å². The summed E-state index contributed by atoms with van der Waals surface area (Å²) in [6.07, 6.45) is 6.27. The molecule has 1 aromatic heterocycles. The van der Waals surface area contributed by atoms with Gasteiger partial charge in [0.2, 0.25) is 5.91 Å². The normalized spacial score (nSPS) is 20.0. The molecule has 0 aromatic carbocycles. The van der Waals surface area contributed by atoms with Crippen LogP contribution in [0.5, 0.6) is 0 Å². The lowest BCUT2D eigenvalue weighted by atomic mass is 10.1. The SMILES string of the molecule is CN=C(NCC(c1cnn(C)c1)N(C)C)N1CCN(C(C)C(=O)N2CCCC2)CC1.I. The van der Waals surface area contributed by atoms with Gasteiger partial charge in [-0.05, 0) is 33.9 Å². The van der Waals surface area contributed by atoms with Gasteiger partial charge in [-0.1, -0.05) is 0 Å². The molecule has 2 fully saturated rings. The summed E-state index contributed by atoms with van der Waals surface area (Å²) in [5, 5.41) is 7.85. The third kappa shape index (κ3) is 6.55. The molecule has 9 nitrogen and oxygen atoms in total. The van der Waals surface area contributed by atoms with Gasteiger partial charge in [0.25, 0.3) is 0 Å². The van der Waals surface area contributed by atoms with Crippen molar-refractivity contribution in [1.29, 1.82) is 0 Å². The molecule has 3 heterocycles. The van der Waals surface area contributed by atoms with Crippen LogP contribution < -0.4 is 5.32 Å². The zero-order valence-corrected chi connectivity index (χ0v) is 22.0. The molecule has 1 amide bonds. The summed E-state index contributed by atoms with van der Waals surface area (Å²) in [5.41, 5.74) is 1.18. The van der Waals surface area contributed by atoms with Crippen molar-refractivity contribution in [3.8, 4) is 0 Å². The van der Waals surface area contributed by atoms with Gasteiger partial charge in [0, 0.05) is 71.7 Å². The Bertz CT molecular complexity index is 723. The first-order chi connectivity index (χ1) is 14.4. The second kappa shape index (κ2) is 12.0. The first-order valence-corrected chi connectivity index (χ1v) is 11.0. The fourth-order valence-electron chi connectivity index (χ4n) is 4.41. The van der Waals surface area contributed by atoms with Gasteiger partial charge < -0.3 is 20.0 Å². The Hall–Kier alpha value is -1.40. The molecule has 2 aliphatic rings. The number of hydrogen-bond donors (Lipinski definition) is 1.